The molecule has 3 N–H and O–H groups in total. The van der Waals surface area contributed by atoms with Gasteiger partial charge in [-0.05, 0) is 30.5 Å². The highest BCUT2D eigenvalue weighted by Gasteiger charge is 2.05. The summed E-state index contributed by atoms with van der Waals surface area (Å²) in [5.41, 5.74) is 9.62. The largest absolute Gasteiger partial charge is 0.478 e. The summed E-state index contributed by atoms with van der Waals surface area (Å²) in [5, 5.41) is 1.93. The molecule has 6 nitrogen and oxygen atoms in total. The van der Waals surface area contributed by atoms with Gasteiger partial charge in [-0.15, -0.1) is 0 Å². The summed E-state index contributed by atoms with van der Waals surface area (Å²) < 4.78 is 10.5. The second-order valence-corrected chi connectivity index (χ2v) is 6.44. The topological polar surface area (TPSA) is 85.5 Å². The standard InChI is InChI=1S/C21H30N4O2/c1-5-6-7-19-18(12-17-9-8-15(2)23-13-17)14-24-20(19)21(22)25-16(3)27-11-10-26-4/h7-9,13-14,24H,5-6,10-12,22H2,1-4H3/b19-7+,21-20+,25-16+. The Bertz CT molecular complexity index is 867. The molecule has 0 fully saturated rings. The van der Waals surface area contributed by atoms with Gasteiger partial charge in [-0.2, -0.15) is 4.99 Å². The lowest BCUT2D eigenvalue weighted by Crippen LogP contribution is -2.30. The zero-order valence-corrected chi connectivity index (χ0v) is 16.7. The fourth-order valence-electron chi connectivity index (χ4n) is 2.71. The SMILES string of the molecule is CCC\C=c1/c(Cc2ccc(C)nc2)c[nH]/c1=C(N)/N=C(\C)OCCOC. The quantitative estimate of drug-likeness (QED) is 0.423. The van der Waals surface area contributed by atoms with Gasteiger partial charge in [0.1, 0.15) is 6.61 Å². The predicted molar refractivity (Wildman–Crippen MR) is 110 cm³/mol. The number of nitrogens with zero attached hydrogens (tertiary/aromatic N) is 2. The third-order valence-corrected chi connectivity index (χ3v) is 4.14. The molecule has 2 aromatic rings. The smallest absolute Gasteiger partial charge is 0.186 e. The summed E-state index contributed by atoms with van der Waals surface area (Å²) in [6, 6.07) is 4.14. The number of pyridine rings is 1. The molecule has 0 unspecified atom stereocenters. The first-order valence-corrected chi connectivity index (χ1v) is 9.30. The van der Waals surface area contributed by atoms with E-state index in [-0.39, 0.29) is 0 Å². The van der Waals surface area contributed by atoms with Crippen molar-refractivity contribution in [2.75, 3.05) is 20.3 Å². The highest BCUT2D eigenvalue weighted by Crippen LogP contribution is 2.05. The predicted octanol–water partition coefficient (Wildman–Crippen LogP) is 2.00. The summed E-state index contributed by atoms with van der Waals surface area (Å²) in [5.74, 6) is 0.936. The fraction of sp³-hybridized carbons (Fsp3) is 0.429. The number of aliphatic imine (C=N–C) groups is 1. The van der Waals surface area contributed by atoms with E-state index in [4.69, 9.17) is 15.2 Å². The first-order chi connectivity index (χ1) is 13.0. The van der Waals surface area contributed by atoms with Crippen molar-refractivity contribution in [3.63, 3.8) is 0 Å². The Hall–Kier alpha value is -2.60. The second-order valence-electron chi connectivity index (χ2n) is 6.44. The van der Waals surface area contributed by atoms with Crippen LogP contribution >= 0.6 is 0 Å². The normalized spacial score (nSPS) is 13.8. The van der Waals surface area contributed by atoms with Gasteiger partial charge < -0.3 is 20.2 Å². The molecule has 0 saturated carbocycles. The number of aryl methyl sites for hydroxylation is 1. The van der Waals surface area contributed by atoms with Gasteiger partial charge in [-0.3, -0.25) is 4.98 Å². The average Bonchev–Trinajstić information content (AvgIpc) is 3.04. The fourth-order valence-corrected chi connectivity index (χ4v) is 2.71. The Morgan fingerprint density at radius 3 is 2.81 bits per heavy atom. The van der Waals surface area contributed by atoms with Crippen molar-refractivity contribution in [3.05, 3.63) is 51.9 Å². The maximum atomic E-state index is 6.25. The highest BCUT2D eigenvalue weighted by atomic mass is 16.5. The Morgan fingerprint density at radius 2 is 2.15 bits per heavy atom. The van der Waals surface area contributed by atoms with E-state index in [2.05, 4.69) is 34.0 Å². The highest BCUT2D eigenvalue weighted by molar-refractivity contribution is 5.77. The van der Waals surface area contributed by atoms with Gasteiger partial charge in [-0.25, -0.2) is 0 Å². The van der Waals surface area contributed by atoms with E-state index in [1.54, 1.807) is 14.0 Å². The number of nitrogens with two attached hydrogens (primary N) is 1. The molecule has 0 saturated heterocycles. The molecule has 0 bridgehead atoms. The maximum Gasteiger partial charge on any atom is 0.186 e. The van der Waals surface area contributed by atoms with Crippen molar-refractivity contribution < 1.29 is 9.47 Å². The van der Waals surface area contributed by atoms with Crippen molar-refractivity contribution in [3.8, 4) is 0 Å². The Balaban J connectivity index is 2.37. The number of aromatic nitrogens is 2. The van der Waals surface area contributed by atoms with Gasteiger partial charge in [-0.1, -0.05) is 25.5 Å². The Labute approximate surface area is 160 Å². The molecule has 0 aromatic carbocycles. The molecule has 0 aliphatic heterocycles. The van der Waals surface area contributed by atoms with Crippen LogP contribution in [-0.4, -0.2) is 36.2 Å². The number of methoxy groups -OCH3 is 1. The molecular weight excluding hydrogens is 340 g/mol. The molecule has 146 valence electrons. The summed E-state index contributed by atoms with van der Waals surface area (Å²) in [7, 11) is 1.64. The molecular formula is C21H30N4O2. The zero-order valence-electron chi connectivity index (χ0n) is 16.7. The van der Waals surface area contributed by atoms with Gasteiger partial charge in [0.2, 0.25) is 0 Å². The minimum atomic E-state index is 0.417. The second kappa shape index (κ2) is 10.5. The number of ether oxygens (including phenoxy) is 2. The molecule has 0 spiro atoms. The van der Waals surface area contributed by atoms with Crippen LogP contribution in [0.4, 0.5) is 0 Å². The van der Waals surface area contributed by atoms with E-state index in [1.165, 1.54) is 11.1 Å². The van der Waals surface area contributed by atoms with Crippen LogP contribution in [-0.2, 0) is 15.9 Å². The summed E-state index contributed by atoms with van der Waals surface area (Å²) >= 11 is 0. The molecule has 2 rings (SSSR count). The lowest BCUT2D eigenvalue weighted by atomic mass is 10.1. The van der Waals surface area contributed by atoms with Crippen LogP contribution in [0.15, 0.2) is 29.5 Å². The van der Waals surface area contributed by atoms with Crippen LogP contribution in [0.25, 0.3) is 11.9 Å². The summed E-state index contributed by atoms with van der Waals surface area (Å²) in [4.78, 5) is 12.1. The van der Waals surface area contributed by atoms with Gasteiger partial charge in [0.05, 0.1) is 12.0 Å². The van der Waals surface area contributed by atoms with Crippen LogP contribution in [0.3, 0.4) is 0 Å². The minimum absolute atomic E-state index is 0.417. The van der Waals surface area contributed by atoms with Crippen molar-refractivity contribution in [2.24, 2.45) is 10.7 Å². The van der Waals surface area contributed by atoms with Crippen molar-refractivity contribution in [2.45, 2.75) is 40.0 Å². The van der Waals surface area contributed by atoms with Crippen molar-refractivity contribution in [1.82, 2.24) is 9.97 Å². The Kier molecular flexibility index (Phi) is 8.07. The lowest BCUT2D eigenvalue weighted by Gasteiger charge is -2.04. The molecule has 27 heavy (non-hydrogen) atoms. The van der Waals surface area contributed by atoms with Crippen LogP contribution < -0.4 is 16.3 Å². The third-order valence-electron chi connectivity index (χ3n) is 4.14. The van der Waals surface area contributed by atoms with E-state index >= 15 is 0 Å². The first-order valence-electron chi connectivity index (χ1n) is 9.30. The van der Waals surface area contributed by atoms with E-state index < -0.39 is 0 Å². The van der Waals surface area contributed by atoms with E-state index in [0.29, 0.717) is 24.9 Å². The van der Waals surface area contributed by atoms with Gasteiger partial charge in [0, 0.05) is 43.8 Å². The minimum Gasteiger partial charge on any atom is -0.478 e. The van der Waals surface area contributed by atoms with Gasteiger partial charge in [0.25, 0.3) is 0 Å². The number of H-pyrrole nitrogens is 1. The molecule has 0 aliphatic carbocycles. The molecule has 0 amide bonds. The molecule has 2 heterocycles. The lowest BCUT2D eigenvalue weighted by molar-refractivity contribution is 0.140. The summed E-state index contributed by atoms with van der Waals surface area (Å²) in [6.45, 7) is 6.90. The maximum absolute atomic E-state index is 6.25. The molecule has 0 atom stereocenters. The van der Waals surface area contributed by atoms with Crippen LogP contribution in [0.2, 0.25) is 0 Å². The Morgan fingerprint density at radius 1 is 1.33 bits per heavy atom. The van der Waals surface area contributed by atoms with E-state index in [9.17, 15) is 0 Å². The average molecular weight is 370 g/mol. The monoisotopic (exact) mass is 370 g/mol. The zero-order chi connectivity index (χ0) is 19.6. The first kappa shape index (κ1) is 20.7. The van der Waals surface area contributed by atoms with Gasteiger partial charge in [0.15, 0.2) is 11.7 Å². The van der Waals surface area contributed by atoms with Crippen LogP contribution in [0, 0.1) is 6.92 Å². The van der Waals surface area contributed by atoms with Gasteiger partial charge >= 0.3 is 0 Å². The van der Waals surface area contributed by atoms with Crippen molar-refractivity contribution in [1.29, 1.82) is 0 Å². The van der Waals surface area contributed by atoms with E-state index in [1.807, 2.05) is 25.4 Å². The number of hydrogen-bond acceptors (Lipinski definition) is 5. The van der Waals surface area contributed by atoms with Crippen LogP contribution in [0.5, 0.6) is 0 Å². The molecule has 0 radical (unpaired) electrons. The number of rotatable bonds is 8. The number of aromatic amines is 1. The van der Waals surface area contributed by atoms with Crippen LogP contribution in [0.1, 0.15) is 43.5 Å². The van der Waals surface area contributed by atoms with Crippen molar-refractivity contribution >= 4 is 17.8 Å². The van der Waals surface area contributed by atoms with E-state index in [0.717, 1.165) is 35.5 Å². The number of nitrogens with one attached hydrogen (secondary N) is 1. The number of unbranched alkanes of at least 4 members (excludes halogenated alkanes) is 1. The molecule has 0 aliphatic rings. The summed E-state index contributed by atoms with van der Waals surface area (Å²) in [6.07, 6.45) is 8.97. The molecule has 6 heteroatoms. The third kappa shape index (κ3) is 6.25. The number of hydrogen-bond donors (Lipinski definition) is 2. The molecule has 2 aromatic heterocycles.